The third-order valence-electron chi connectivity index (χ3n) is 4.73. The molecule has 1 unspecified atom stereocenters. The molecule has 1 fully saturated rings. The highest BCUT2D eigenvalue weighted by Gasteiger charge is 2.31. The summed E-state index contributed by atoms with van der Waals surface area (Å²) in [7, 11) is 0. The van der Waals surface area contributed by atoms with Crippen LogP contribution in [0.3, 0.4) is 0 Å². The number of benzene rings is 1. The molecule has 0 aromatic heterocycles. The van der Waals surface area contributed by atoms with Gasteiger partial charge in [-0.3, -0.25) is 14.5 Å². The van der Waals surface area contributed by atoms with E-state index in [4.69, 9.17) is 4.74 Å². The van der Waals surface area contributed by atoms with Gasteiger partial charge in [-0.2, -0.15) is 0 Å². The number of rotatable bonds is 4. The van der Waals surface area contributed by atoms with E-state index in [9.17, 15) is 9.59 Å². The molecule has 0 aliphatic carbocycles. The largest absolute Gasteiger partial charge is 0.492 e. The second kappa shape index (κ2) is 7.87. The van der Waals surface area contributed by atoms with Gasteiger partial charge < -0.3 is 15.0 Å². The van der Waals surface area contributed by atoms with Crippen molar-refractivity contribution in [2.24, 2.45) is 5.92 Å². The molecule has 1 aromatic carbocycles. The first-order chi connectivity index (χ1) is 12.0. The summed E-state index contributed by atoms with van der Waals surface area (Å²) in [5.41, 5.74) is 1.11. The number of hydrogen-bond donors (Lipinski definition) is 1. The molecule has 3 rings (SSSR count). The molecule has 2 aliphatic heterocycles. The summed E-state index contributed by atoms with van der Waals surface area (Å²) in [6.45, 7) is 7.59. The van der Waals surface area contributed by atoms with Crippen LogP contribution in [-0.4, -0.2) is 67.0 Å². The average molecular weight is 345 g/mol. The van der Waals surface area contributed by atoms with Crippen molar-refractivity contribution in [1.29, 1.82) is 0 Å². The molecule has 0 radical (unpaired) electrons. The zero-order chi connectivity index (χ0) is 17.8. The van der Waals surface area contributed by atoms with Crippen molar-refractivity contribution in [1.82, 2.24) is 15.1 Å². The van der Waals surface area contributed by atoms with Crippen molar-refractivity contribution in [3.8, 4) is 5.75 Å². The Kier molecular flexibility index (Phi) is 5.58. The van der Waals surface area contributed by atoms with Gasteiger partial charge in [-0.05, 0) is 31.9 Å². The number of amides is 2. The van der Waals surface area contributed by atoms with Crippen LogP contribution in [0.2, 0.25) is 0 Å². The summed E-state index contributed by atoms with van der Waals surface area (Å²) in [5.74, 6) is 1.01. The molecule has 2 amide bonds. The molecule has 2 aliphatic rings. The lowest BCUT2D eigenvalue weighted by Crippen LogP contribution is -2.53. The fraction of sp³-hybridized carbons (Fsp3) is 0.579. The lowest BCUT2D eigenvalue weighted by atomic mass is 9.95. The van der Waals surface area contributed by atoms with Crippen molar-refractivity contribution >= 4 is 11.8 Å². The Balaban J connectivity index is 1.48. The van der Waals surface area contributed by atoms with Crippen LogP contribution in [-0.2, 0) is 16.0 Å². The highest BCUT2D eigenvalue weighted by molar-refractivity contribution is 5.80. The maximum Gasteiger partial charge on any atom is 0.234 e. The van der Waals surface area contributed by atoms with Gasteiger partial charge >= 0.3 is 0 Å². The number of nitrogens with zero attached hydrogens (tertiary/aromatic N) is 2. The third kappa shape index (κ3) is 4.51. The Morgan fingerprint density at radius 1 is 1.20 bits per heavy atom. The van der Waals surface area contributed by atoms with E-state index in [0.717, 1.165) is 30.8 Å². The lowest BCUT2D eigenvalue weighted by molar-refractivity contribution is -0.138. The standard InChI is InChI=1S/C19H27N3O3/c1-14(2)20-18(23)12-21-7-9-22(10-8-21)19(24)16-11-15-5-3-4-6-17(15)25-13-16/h3-6,14,16H,7-13H2,1-2H3,(H,20,23). The van der Waals surface area contributed by atoms with Gasteiger partial charge in [0.05, 0.1) is 12.5 Å². The van der Waals surface area contributed by atoms with E-state index < -0.39 is 0 Å². The molecule has 136 valence electrons. The van der Waals surface area contributed by atoms with Gasteiger partial charge in [-0.15, -0.1) is 0 Å². The fourth-order valence-corrected chi connectivity index (χ4v) is 3.44. The number of piperazine rings is 1. The first-order valence-corrected chi connectivity index (χ1v) is 9.04. The molecular formula is C19H27N3O3. The van der Waals surface area contributed by atoms with Gasteiger partial charge in [0.2, 0.25) is 11.8 Å². The van der Waals surface area contributed by atoms with Crippen LogP contribution < -0.4 is 10.1 Å². The summed E-state index contributed by atoms with van der Waals surface area (Å²) < 4.78 is 5.75. The molecule has 25 heavy (non-hydrogen) atoms. The van der Waals surface area contributed by atoms with E-state index >= 15 is 0 Å². The van der Waals surface area contributed by atoms with Gasteiger partial charge in [0.1, 0.15) is 12.4 Å². The van der Waals surface area contributed by atoms with Crippen molar-refractivity contribution in [3.05, 3.63) is 29.8 Å². The van der Waals surface area contributed by atoms with Gasteiger partial charge in [-0.25, -0.2) is 0 Å². The van der Waals surface area contributed by atoms with Crippen LogP contribution in [0.4, 0.5) is 0 Å². The maximum absolute atomic E-state index is 12.8. The zero-order valence-electron chi connectivity index (χ0n) is 15.0. The molecule has 2 heterocycles. The quantitative estimate of drug-likeness (QED) is 0.881. The summed E-state index contributed by atoms with van der Waals surface area (Å²) in [6.07, 6.45) is 0.742. The van der Waals surface area contributed by atoms with Gasteiger partial charge in [0.25, 0.3) is 0 Å². The Bertz CT molecular complexity index is 624. The Morgan fingerprint density at radius 2 is 1.92 bits per heavy atom. The van der Waals surface area contributed by atoms with E-state index in [2.05, 4.69) is 10.2 Å². The zero-order valence-corrected chi connectivity index (χ0v) is 15.0. The second-order valence-electron chi connectivity index (χ2n) is 7.14. The predicted molar refractivity (Wildman–Crippen MR) is 95.4 cm³/mol. The van der Waals surface area contributed by atoms with Crippen LogP contribution >= 0.6 is 0 Å². The minimum atomic E-state index is -0.106. The molecule has 1 saturated heterocycles. The summed E-state index contributed by atoms with van der Waals surface area (Å²) in [5, 5.41) is 2.91. The summed E-state index contributed by atoms with van der Waals surface area (Å²) >= 11 is 0. The lowest BCUT2D eigenvalue weighted by Gasteiger charge is -2.37. The minimum Gasteiger partial charge on any atom is -0.492 e. The smallest absolute Gasteiger partial charge is 0.234 e. The number of carbonyl (C=O) groups is 2. The first kappa shape index (κ1) is 17.7. The molecule has 6 heteroatoms. The van der Waals surface area contributed by atoms with Gasteiger partial charge in [0, 0.05) is 32.2 Å². The van der Waals surface area contributed by atoms with E-state index in [1.54, 1.807) is 0 Å². The molecule has 1 aromatic rings. The van der Waals surface area contributed by atoms with Crippen molar-refractivity contribution < 1.29 is 14.3 Å². The molecule has 0 spiro atoms. The molecular weight excluding hydrogens is 318 g/mol. The third-order valence-corrected chi connectivity index (χ3v) is 4.73. The van der Waals surface area contributed by atoms with Crippen LogP contribution in [0.1, 0.15) is 19.4 Å². The molecule has 1 atom stereocenters. The molecule has 0 bridgehead atoms. The monoisotopic (exact) mass is 345 g/mol. The molecule has 6 nitrogen and oxygen atoms in total. The Hall–Kier alpha value is -2.08. The maximum atomic E-state index is 12.8. The number of ether oxygens (including phenoxy) is 1. The van der Waals surface area contributed by atoms with Crippen LogP contribution in [0, 0.1) is 5.92 Å². The van der Waals surface area contributed by atoms with Crippen molar-refractivity contribution in [3.63, 3.8) is 0 Å². The van der Waals surface area contributed by atoms with Crippen LogP contribution in [0.25, 0.3) is 0 Å². The predicted octanol–water partition coefficient (Wildman–Crippen LogP) is 0.907. The SMILES string of the molecule is CC(C)NC(=O)CN1CCN(C(=O)C2COc3ccccc3C2)CC1. The Labute approximate surface area is 149 Å². The van der Waals surface area contributed by atoms with Crippen molar-refractivity contribution in [2.75, 3.05) is 39.3 Å². The first-order valence-electron chi connectivity index (χ1n) is 9.04. The van der Waals surface area contributed by atoms with Crippen LogP contribution in [0.5, 0.6) is 5.75 Å². The summed E-state index contributed by atoms with van der Waals surface area (Å²) in [4.78, 5) is 28.7. The number of nitrogens with one attached hydrogen (secondary N) is 1. The van der Waals surface area contributed by atoms with Gasteiger partial charge in [0.15, 0.2) is 0 Å². The molecule has 1 N–H and O–H groups in total. The topological polar surface area (TPSA) is 61.9 Å². The summed E-state index contributed by atoms with van der Waals surface area (Å²) in [6, 6.07) is 8.08. The van der Waals surface area contributed by atoms with Crippen LogP contribution in [0.15, 0.2) is 24.3 Å². The highest BCUT2D eigenvalue weighted by Crippen LogP contribution is 2.27. The number of fused-ring (bicyclic) bond motifs is 1. The normalized spacial score (nSPS) is 20.8. The number of carbonyl (C=O) groups excluding carboxylic acids is 2. The minimum absolute atomic E-state index is 0.0482. The number of para-hydroxylation sites is 1. The Morgan fingerprint density at radius 3 is 2.64 bits per heavy atom. The molecule has 0 saturated carbocycles. The van der Waals surface area contributed by atoms with E-state index in [1.165, 1.54) is 0 Å². The van der Waals surface area contributed by atoms with E-state index in [0.29, 0.717) is 26.2 Å². The van der Waals surface area contributed by atoms with Gasteiger partial charge in [-0.1, -0.05) is 18.2 Å². The van der Waals surface area contributed by atoms with E-state index in [-0.39, 0.29) is 23.8 Å². The van der Waals surface area contributed by atoms with E-state index in [1.807, 2.05) is 43.0 Å². The fourth-order valence-electron chi connectivity index (χ4n) is 3.44. The van der Waals surface area contributed by atoms with Crippen molar-refractivity contribution in [2.45, 2.75) is 26.3 Å². The highest BCUT2D eigenvalue weighted by atomic mass is 16.5. The average Bonchev–Trinajstić information content (AvgIpc) is 2.60. The second-order valence-corrected chi connectivity index (χ2v) is 7.14. The number of hydrogen-bond acceptors (Lipinski definition) is 4.